The highest BCUT2D eigenvalue weighted by atomic mass is 32.2. The lowest BCUT2D eigenvalue weighted by molar-refractivity contribution is -0.145. The van der Waals surface area contributed by atoms with Crippen LogP contribution in [0.1, 0.15) is 85.0 Å². The summed E-state index contributed by atoms with van der Waals surface area (Å²) >= 11 is -1.11. The van der Waals surface area contributed by atoms with Gasteiger partial charge in [0, 0.05) is 6.54 Å². The molecule has 1 aromatic heterocycles. The summed E-state index contributed by atoms with van der Waals surface area (Å²) in [5.41, 5.74) is -0.347. The van der Waals surface area contributed by atoms with Gasteiger partial charge in [-0.05, 0) is 64.2 Å². The van der Waals surface area contributed by atoms with Gasteiger partial charge in [0.25, 0.3) is 5.91 Å². The van der Waals surface area contributed by atoms with Gasteiger partial charge in [-0.25, -0.2) is 18.1 Å². The molecule has 3 rings (SSSR count). The molecule has 0 spiro atoms. The van der Waals surface area contributed by atoms with Gasteiger partial charge >= 0.3 is 11.9 Å². The number of anilines is 1. The molecular formula is C28H40N2O8S2. The molecule has 2 N–H and O–H groups in total. The van der Waals surface area contributed by atoms with E-state index < -0.39 is 34.6 Å². The molecule has 1 aliphatic heterocycles. The van der Waals surface area contributed by atoms with Gasteiger partial charge in [0.15, 0.2) is 0 Å². The Morgan fingerprint density at radius 3 is 2.35 bits per heavy atom. The Kier molecular flexibility index (Phi) is 12.1. The van der Waals surface area contributed by atoms with Crippen LogP contribution in [0.4, 0.5) is 5.00 Å². The normalized spacial score (nSPS) is 15.6. The maximum absolute atomic E-state index is 13.6. The molecule has 0 radical (unpaired) electrons. The number of rotatable bonds is 11. The molecule has 2 aromatic rings. The number of methoxy groups -OCH3 is 1. The van der Waals surface area contributed by atoms with Crippen LogP contribution in [-0.2, 0) is 27.1 Å². The number of aliphatic carboxylic acids is 1. The third-order valence-electron chi connectivity index (χ3n) is 6.46. The van der Waals surface area contributed by atoms with Crippen molar-refractivity contribution in [3.8, 4) is 5.75 Å². The number of carbonyl (C=O) groups excluding carboxylic acids is 2. The van der Waals surface area contributed by atoms with E-state index in [9.17, 15) is 23.7 Å². The number of fused-ring (bicyclic) bond motifs is 1. The molecule has 40 heavy (non-hydrogen) atoms. The van der Waals surface area contributed by atoms with E-state index >= 15 is 0 Å². The number of hydrogen-bond donors (Lipinski definition) is 2. The monoisotopic (exact) mass is 596 g/mol. The average molecular weight is 597 g/mol. The van der Waals surface area contributed by atoms with Crippen molar-refractivity contribution in [1.82, 2.24) is 4.31 Å². The average Bonchev–Trinajstić information content (AvgIpc) is 3.26. The number of ether oxygens (including phenoxy) is 2. The minimum atomic E-state index is -2.14. The molecule has 0 bridgehead atoms. The predicted octanol–water partition coefficient (Wildman–Crippen LogP) is 4.75. The van der Waals surface area contributed by atoms with Crippen molar-refractivity contribution in [1.29, 1.82) is 0 Å². The molecule has 2 atom stereocenters. The minimum absolute atomic E-state index is 0.0509. The number of nitrogens with zero attached hydrogens (tertiary/aromatic N) is 2. The summed E-state index contributed by atoms with van der Waals surface area (Å²) in [6, 6.07) is 7.38. The molecular weight excluding hydrogens is 556 g/mol. The number of carbonyl (C=O) groups is 3. The van der Waals surface area contributed by atoms with E-state index in [4.69, 9.17) is 14.6 Å². The van der Waals surface area contributed by atoms with E-state index in [2.05, 4.69) is 6.92 Å². The fourth-order valence-electron chi connectivity index (χ4n) is 4.04. The van der Waals surface area contributed by atoms with Gasteiger partial charge in [-0.15, -0.1) is 11.3 Å². The number of para-hydroxylation sites is 1. The van der Waals surface area contributed by atoms with E-state index in [0.29, 0.717) is 22.7 Å². The number of thiophene rings is 1. The number of carboxylic acids is 1. The smallest absolute Gasteiger partial charge is 0.348 e. The van der Waals surface area contributed by atoms with Crippen molar-refractivity contribution >= 4 is 45.4 Å². The lowest BCUT2D eigenvalue weighted by Gasteiger charge is -2.40. The SMILES string of the molecule is CCCC(O)CC.CCOC(=O)c1sc2c(c1C)C(=O)N(C(C)(C)C(=O)O)S(=O)N2CCc1ccccc1OC. The Bertz CT molecular complexity index is 1230. The third-order valence-corrected chi connectivity index (χ3v) is 9.55. The highest BCUT2D eigenvalue weighted by molar-refractivity contribution is 7.85. The molecule has 0 fully saturated rings. The van der Waals surface area contributed by atoms with Gasteiger partial charge in [-0.3, -0.25) is 9.10 Å². The third kappa shape index (κ3) is 7.21. The minimum Gasteiger partial charge on any atom is -0.496 e. The summed E-state index contributed by atoms with van der Waals surface area (Å²) in [6.07, 6.45) is 3.31. The van der Waals surface area contributed by atoms with E-state index in [1.165, 1.54) is 18.2 Å². The summed E-state index contributed by atoms with van der Waals surface area (Å²) in [4.78, 5) is 38.0. The highest BCUT2D eigenvalue weighted by Gasteiger charge is 2.49. The molecule has 2 heterocycles. The number of esters is 1. The van der Waals surface area contributed by atoms with Crippen molar-refractivity contribution in [3.63, 3.8) is 0 Å². The number of amides is 1. The molecule has 2 unspecified atom stereocenters. The van der Waals surface area contributed by atoms with Crippen LogP contribution in [0.3, 0.4) is 0 Å². The van der Waals surface area contributed by atoms with E-state index in [0.717, 1.165) is 40.5 Å². The lowest BCUT2D eigenvalue weighted by Crippen LogP contribution is -2.59. The van der Waals surface area contributed by atoms with Crippen LogP contribution in [0.25, 0.3) is 0 Å². The lowest BCUT2D eigenvalue weighted by atomic mass is 10.0. The molecule has 222 valence electrons. The quantitative estimate of drug-likeness (QED) is 0.355. The molecule has 12 heteroatoms. The summed E-state index contributed by atoms with van der Waals surface area (Å²) in [5, 5.41) is 18.9. The highest BCUT2D eigenvalue weighted by Crippen LogP contribution is 2.43. The molecule has 1 amide bonds. The zero-order valence-electron chi connectivity index (χ0n) is 24.2. The van der Waals surface area contributed by atoms with Crippen LogP contribution in [-0.4, -0.2) is 68.5 Å². The summed E-state index contributed by atoms with van der Waals surface area (Å²) in [7, 11) is 1.56. The van der Waals surface area contributed by atoms with Crippen molar-refractivity contribution in [2.75, 3.05) is 24.6 Å². The molecule has 0 aliphatic carbocycles. The zero-order valence-corrected chi connectivity index (χ0v) is 25.8. The van der Waals surface area contributed by atoms with Crippen LogP contribution in [0.2, 0.25) is 0 Å². The van der Waals surface area contributed by atoms with E-state index in [1.54, 1.807) is 21.0 Å². The maximum Gasteiger partial charge on any atom is 0.348 e. The van der Waals surface area contributed by atoms with Crippen molar-refractivity contribution in [2.24, 2.45) is 0 Å². The standard InChI is InChI=1S/C22H26N2O7S2.C6H14O/c1-6-31-20(26)17-13(2)16-18(25)24(22(3,4)21(27)28)33(29)23(19(16)32-17)12-11-14-9-7-8-10-15(14)30-5;1-3-5-6(7)4-2/h7-10H,6,11-12H2,1-5H3,(H,27,28);6-7H,3-5H2,1-2H3. The van der Waals surface area contributed by atoms with Gasteiger partial charge in [0.2, 0.25) is 11.2 Å². The number of aliphatic hydroxyl groups excluding tert-OH is 1. The first kappa shape index (κ1) is 33.2. The zero-order chi connectivity index (χ0) is 30.2. The number of carboxylic acid groups (broad SMARTS) is 1. The summed E-state index contributed by atoms with van der Waals surface area (Å²) in [6.45, 7) is 10.4. The fraction of sp³-hybridized carbons (Fsp3) is 0.536. The Morgan fingerprint density at radius 1 is 1.18 bits per heavy atom. The second-order valence-electron chi connectivity index (χ2n) is 9.67. The van der Waals surface area contributed by atoms with E-state index in [1.807, 2.05) is 31.2 Å². The maximum atomic E-state index is 13.6. The second kappa shape index (κ2) is 14.6. The van der Waals surface area contributed by atoms with Gasteiger partial charge < -0.3 is 19.7 Å². The molecule has 0 saturated carbocycles. The molecule has 10 nitrogen and oxygen atoms in total. The Balaban J connectivity index is 0.000000708. The fourth-order valence-corrected chi connectivity index (χ4v) is 6.85. The van der Waals surface area contributed by atoms with Crippen LogP contribution in [0.5, 0.6) is 5.75 Å². The topological polar surface area (TPSA) is 134 Å². The van der Waals surface area contributed by atoms with Crippen LogP contribution in [0.15, 0.2) is 24.3 Å². The first-order valence-corrected chi connectivity index (χ1v) is 15.1. The Morgan fingerprint density at radius 2 is 1.82 bits per heavy atom. The summed E-state index contributed by atoms with van der Waals surface area (Å²) in [5.74, 6) is -1.92. The largest absolute Gasteiger partial charge is 0.496 e. The number of aliphatic hydroxyl groups is 1. The molecule has 1 aromatic carbocycles. The first-order valence-electron chi connectivity index (χ1n) is 13.2. The Labute approximate surface area is 242 Å². The number of benzene rings is 1. The van der Waals surface area contributed by atoms with Crippen molar-refractivity contribution in [3.05, 3.63) is 45.8 Å². The first-order chi connectivity index (χ1) is 18.9. The van der Waals surface area contributed by atoms with Gasteiger partial charge in [0.05, 0.1) is 25.4 Å². The van der Waals surface area contributed by atoms with Crippen LogP contribution in [0, 0.1) is 6.92 Å². The predicted molar refractivity (Wildman–Crippen MR) is 156 cm³/mol. The number of hydrogen-bond acceptors (Lipinski definition) is 8. The van der Waals surface area contributed by atoms with Gasteiger partial charge in [0.1, 0.15) is 21.2 Å². The van der Waals surface area contributed by atoms with Gasteiger partial charge in [-0.2, -0.15) is 0 Å². The summed E-state index contributed by atoms with van der Waals surface area (Å²) < 4.78 is 26.4. The Hall–Kier alpha value is -2.96. The van der Waals surface area contributed by atoms with Crippen molar-refractivity contribution < 1.29 is 38.3 Å². The molecule has 0 saturated heterocycles. The van der Waals surface area contributed by atoms with Gasteiger partial charge in [-0.1, -0.05) is 38.5 Å². The molecule has 1 aliphatic rings. The van der Waals surface area contributed by atoms with Crippen molar-refractivity contribution in [2.45, 2.75) is 78.9 Å². The van der Waals surface area contributed by atoms with Crippen LogP contribution >= 0.6 is 11.3 Å². The van der Waals surface area contributed by atoms with E-state index in [-0.39, 0.29) is 29.7 Å². The van der Waals surface area contributed by atoms with Crippen LogP contribution < -0.4 is 9.04 Å². The second-order valence-corrected chi connectivity index (χ2v) is 11.9.